The third kappa shape index (κ3) is 2.05. The van der Waals surface area contributed by atoms with Crippen molar-refractivity contribution in [3.63, 3.8) is 0 Å². The maximum atomic E-state index is 8.90. The topological polar surface area (TPSA) is 23.5 Å². The van der Waals surface area contributed by atoms with Crippen LogP contribution in [0.5, 0.6) is 0 Å². The first kappa shape index (κ1) is 9.47. The van der Waals surface area contributed by atoms with Crippen molar-refractivity contribution in [3.8, 4) is 0 Å². The van der Waals surface area contributed by atoms with Crippen LogP contribution >= 0.6 is 0 Å². The van der Waals surface area contributed by atoms with Crippen LogP contribution < -0.4 is 0 Å². The average molecular weight is 183 g/mol. The summed E-state index contributed by atoms with van der Waals surface area (Å²) in [4.78, 5) is 2.54. The van der Waals surface area contributed by atoms with Crippen molar-refractivity contribution in [2.24, 2.45) is 10.8 Å². The molecule has 1 N–H and O–H groups in total. The summed E-state index contributed by atoms with van der Waals surface area (Å²) in [6.45, 7) is 8.63. The first-order valence-corrected chi connectivity index (χ1v) is 5.39. The quantitative estimate of drug-likeness (QED) is 0.714. The smallest absolute Gasteiger partial charge is 0.0436 e. The molecule has 1 heterocycles. The largest absolute Gasteiger partial charge is 0.396 e. The van der Waals surface area contributed by atoms with Crippen LogP contribution in [0.3, 0.4) is 0 Å². The van der Waals surface area contributed by atoms with Crippen molar-refractivity contribution >= 4 is 0 Å². The van der Waals surface area contributed by atoms with Gasteiger partial charge in [0, 0.05) is 26.2 Å². The Bertz CT molecular complexity index is 188. The lowest BCUT2D eigenvalue weighted by Gasteiger charge is -2.44. The second-order valence-electron chi connectivity index (χ2n) is 5.78. The molecule has 0 aromatic heterocycles. The molecule has 0 aromatic rings. The van der Waals surface area contributed by atoms with E-state index in [0.29, 0.717) is 12.0 Å². The first-order chi connectivity index (χ1) is 6.05. The van der Waals surface area contributed by atoms with Crippen molar-refractivity contribution in [1.29, 1.82) is 0 Å². The molecule has 0 amide bonds. The van der Waals surface area contributed by atoms with Gasteiger partial charge in [0.25, 0.3) is 0 Å². The standard InChI is InChI=1S/C11H21NO/c1-10(2,5-6-13)7-12-8-11(9-12)3-4-11/h13H,3-9H2,1-2H3. The van der Waals surface area contributed by atoms with Crippen LogP contribution in [0.4, 0.5) is 0 Å². The second-order valence-corrected chi connectivity index (χ2v) is 5.78. The number of rotatable bonds is 4. The molecule has 0 unspecified atom stereocenters. The number of likely N-dealkylation sites (tertiary alicyclic amines) is 1. The van der Waals surface area contributed by atoms with Gasteiger partial charge in [-0.15, -0.1) is 0 Å². The molecule has 2 nitrogen and oxygen atoms in total. The zero-order valence-corrected chi connectivity index (χ0v) is 8.84. The Labute approximate surface area is 80.9 Å². The molecule has 0 aromatic carbocycles. The molecule has 0 radical (unpaired) electrons. The maximum absolute atomic E-state index is 8.90. The molecule has 2 aliphatic rings. The van der Waals surface area contributed by atoms with Crippen LogP contribution in [-0.4, -0.2) is 36.2 Å². The van der Waals surface area contributed by atoms with E-state index < -0.39 is 0 Å². The van der Waals surface area contributed by atoms with Gasteiger partial charge in [-0.25, -0.2) is 0 Å². The fourth-order valence-electron chi connectivity index (χ4n) is 2.49. The number of hydrogen-bond acceptors (Lipinski definition) is 2. The van der Waals surface area contributed by atoms with E-state index in [-0.39, 0.29) is 0 Å². The van der Waals surface area contributed by atoms with Gasteiger partial charge < -0.3 is 10.0 Å². The van der Waals surface area contributed by atoms with Gasteiger partial charge in [0.1, 0.15) is 0 Å². The fraction of sp³-hybridized carbons (Fsp3) is 1.00. The van der Waals surface area contributed by atoms with Crippen LogP contribution in [0.15, 0.2) is 0 Å². The Balaban J connectivity index is 1.72. The third-order valence-corrected chi connectivity index (χ3v) is 3.52. The predicted octanol–water partition coefficient (Wildman–Crippen LogP) is 1.49. The maximum Gasteiger partial charge on any atom is 0.0436 e. The summed E-state index contributed by atoms with van der Waals surface area (Å²) in [6, 6.07) is 0. The monoisotopic (exact) mass is 183 g/mol. The molecule has 1 aliphatic carbocycles. The SMILES string of the molecule is CC(C)(CCO)CN1CC2(CC2)C1. The Hall–Kier alpha value is -0.0800. The molecule has 1 saturated carbocycles. The van der Waals surface area contributed by atoms with Crippen molar-refractivity contribution < 1.29 is 5.11 Å². The third-order valence-electron chi connectivity index (χ3n) is 3.52. The Morgan fingerprint density at radius 3 is 2.38 bits per heavy atom. The van der Waals surface area contributed by atoms with Crippen LogP contribution in [0.2, 0.25) is 0 Å². The van der Waals surface area contributed by atoms with Gasteiger partial charge in [0.05, 0.1) is 0 Å². The summed E-state index contributed by atoms with van der Waals surface area (Å²) in [5.41, 5.74) is 1.07. The van der Waals surface area contributed by atoms with Crippen molar-refractivity contribution in [2.45, 2.75) is 33.1 Å². The van der Waals surface area contributed by atoms with Gasteiger partial charge in [-0.2, -0.15) is 0 Å². The van der Waals surface area contributed by atoms with Crippen LogP contribution in [0, 0.1) is 10.8 Å². The number of aliphatic hydroxyl groups is 1. The summed E-state index contributed by atoms with van der Waals surface area (Å²) >= 11 is 0. The van der Waals surface area contributed by atoms with Gasteiger partial charge in [0.15, 0.2) is 0 Å². The van der Waals surface area contributed by atoms with Gasteiger partial charge in [-0.1, -0.05) is 13.8 Å². The van der Waals surface area contributed by atoms with Crippen molar-refractivity contribution in [1.82, 2.24) is 4.90 Å². The molecule has 2 heteroatoms. The molecular weight excluding hydrogens is 162 g/mol. The summed E-state index contributed by atoms with van der Waals surface area (Å²) in [5, 5.41) is 8.90. The lowest BCUT2D eigenvalue weighted by atomic mass is 9.86. The van der Waals surface area contributed by atoms with Gasteiger partial charge in [-0.3, -0.25) is 0 Å². The minimum absolute atomic E-state index is 0.297. The molecule has 2 rings (SSSR count). The van der Waals surface area contributed by atoms with Crippen LogP contribution in [0.25, 0.3) is 0 Å². The predicted molar refractivity (Wildman–Crippen MR) is 53.6 cm³/mol. The van der Waals surface area contributed by atoms with Crippen molar-refractivity contribution in [2.75, 3.05) is 26.2 Å². The van der Waals surface area contributed by atoms with Gasteiger partial charge in [-0.05, 0) is 30.1 Å². The van der Waals surface area contributed by atoms with E-state index in [4.69, 9.17) is 5.11 Å². The summed E-state index contributed by atoms with van der Waals surface area (Å²) in [5.74, 6) is 0. The highest BCUT2D eigenvalue weighted by molar-refractivity contribution is 5.05. The van der Waals surface area contributed by atoms with E-state index >= 15 is 0 Å². The molecule has 0 bridgehead atoms. The van der Waals surface area contributed by atoms with Gasteiger partial charge >= 0.3 is 0 Å². The summed E-state index contributed by atoms with van der Waals surface area (Å²) in [7, 11) is 0. The Kier molecular flexibility index (Phi) is 2.16. The highest BCUT2D eigenvalue weighted by Crippen LogP contribution is 2.53. The zero-order valence-electron chi connectivity index (χ0n) is 8.84. The lowest BCUT2D eigenvalue weighted by molar-refractivity contribution is 0.0351. The molecule has 2 fully saturated rings. The van der Waals surface area contributed by atoms with Crippen LogP contribution in [-0.2, 0) is 0 Å². The molecule has 1 aliphatic heterocycles. The van der Waals surface area contributed by atoms with E-state index in [2.05, 4.69) is 18.7 Å². The van der Waals surface area contributed by atoms with Gasteiger partial charge in [0.2, 0.25) is 0 Å². The second kappa shape index (κ2) is 2.96. The molecule has 1 saturated heterocycles. The normalized spacial score (nSPS) is 26.1. The number of hydrogen-bond donors (Lipinski definition) is 1. The number of nitrogens with zero attached hydrogens (tertiary/aromatic N) is 1. The molecular formula is C11H21NO. The first-order valence-electron chi connectivity index (χ1n) is 5.39. The van der Waals surface area contributed by atoms with E-state index in [0.717, 1.165) is 18.4 Å². The molecule has 1 spiro atoms. The number of aliphatic hydroxyl groups excluding tert-OH is 1. The molecule has 0 atom stereocenters. The van der Waals surface area contributed by atoms with Crippen LogP contribution in [0.1, 0.15) is 33.1 Å². The summed E-state index contributed by atoms with van der Waals surface area (Å²) in [6.07, 6.45) is 3.85. The van der Waals surface area contributed by atoms with E-state index in [1.165, 1.54) is 25.9 Å². The molecule has 76 valence electrons. The zero-order chi connectivity index (χ0) is 9.53. The molecule has 13 heavy (non-hydrogen) atoms. The van der Waals surface area contributed by atoms with E-state index in [1.807, 2.05) is 0 Å². The van der Waals surface area contributed by atoms with Crippen molar-refractivity contribution in [3.05, 3.63) is 0 Å². The Morgan fingerprint density at radius 2 is 1.92 bits per heavy atom. The van der Waals surface area contributed by atoms with E-state index in [9.17, 15) is 0 Å². The summed E-state index contributed by atoms with van der Waals surface area (Å²) < 4.78 is 0. The Morgan fingerprint density at radius 1 is 1.31 bits per heavy atom. The minimum atomic E-state index is 0.297. The highest BCUT2D eigenvalue weighted by Gasteiger charge is 2.52. The minimum Gasteiger partial charge on any atom is -0.396 e. The lowest BCUT2D eigenvalue weighted by Crippen LogP contribution is -2.51. The fourth-order valence-corrected chi connectivity index (χ4v) is 2.49. The average Bonchev–Trinajstić information content (AvgIpc) is 2.64. The van der Waals surface area contributed by atoms with E-state index in [1.54, 1.807) is 0 Å². The highest BCUT2D eigenvalue weighted by atomic mass is 16.3.